The van der Waals surface area contributed by atoms with Gasteiger partial charge in [-0.15, -0.1) is 0 Å². The first-order chi connectivity index (χ1) is 20.9. The van der Waals surface area contributed by atoms with Crippen LogP contribution >= 0.6 is 0 Å². The van der Waals surface area contributed by atoms with E-state index in [0.717, 1.165) is 82.1 Å². The van der Waals surface area contributed by atoms with Crippen molar-refractivity contribution in [3.05, 3.63) is 69.0 Å². The molecule has 0 aromatic heterocycles. The Morgan fingerprint density at radius 2 is 1.89 bits per heavy atom. The summed E-state index contributed by atoms with van der Waals surface area (Å²) in [6.07, 6.45) is 9.78. The van der Waals surface area contributed by atoms with E-state index in [4.69, 9.17) is 9.47 Å². The molecule has 8 nitrogen and oxygen atoms in total. The normalized spacial score (nSPS) is 21.0. The van der Waals surface area contributed by atoms with Gasteiger partial charge in [-0.3, -0.25) is 10.1 Å². The molecule has 0 spiro atoms. The molecule has 1 saturated carbocycles. The molecule has 1 N–H and O–H groups in total. The van der Waals surface area contributed by atoms with E-state index in [1.54, 1.807) is 4.90 Å². The molecule has 1 fully saturated rings. The van der Waals surface area contributed by atoms with Gasteiger partial charge in [0.2, 0.25) is 0 Å². The fourth-order valence-electron chi connectivity index (χ4n) is 5.77. The van der Waals surface area contributed by atoms with E-state index >= 15 is 0 Å². The number of anilines is 1. The zero-order valence-corrected chi connectivity index (χ0v) is 26.3. The molecule has 2 aliphatic carbocycles. The number of nitrogens with zero attached hydrogens (tertiary/aromatic N) is 2. The van der Waals surface area contributed by atoms with Crippen LogP contribution in [0.2, 0.25) is 0 Å². The summed E-state index contributed by atoms with van der Waals surface area (Å²) in [4.78, 5) is 23.7. The minimum Gasteiger partial charge on any atom is -0.495 e. The predicted octanol–water partition coefficient (Wildman–Crippen LogP) is 9.19. The highest BCUT2D eigenvalue weighted by Gasteiger charge is 2.38. The van der Waals surface area contributed by atoms with Gasteiger partial charge in [-0.2, -0.15) is 13.2 Å². The second-order valence-electron chi connectivity index (χ2n) is 11.9. The zero-order valence-electron chi connectivity index (χ0n) is 26.3. The van der Waals surface area contributed by atoms with Crippen LogP contribution in [0.3, 0.4) is 0 Å². The lowest BCUT2D eigenvalue weighted by molar-refractivity contribution is -0.388. The molecule has 1 unspecified atom stereocenters. The lowest BCUT2D eigenvalue weighted by Gasteiger charge is -2.31. The molecule has 0 heterocycles. The molecule has 244 valence electrons. The van der Waals surface area contributed by atoms with Crippen molar-refractivity contribution in [2.45, 2.75) is 103 Å². The highest BCUT2D eigenvalue weighted by Crippen LogP contribution is 2.38. The monoisotopic (exact) mass is 621 g/mol. The third-order valence-corrected chi connectivity index (χ3v) is 8.46. The SMILES string of the molecule is CCCN(CCC(C)CCC1=C(C)CC/C(OC2CCC(Nc3ccc([N+](=O)[O-])c(C(F)(F)F)c3)CC2)=C/C=C1)C(=O)OC. The van der Waals surface area contributed by atoms with Gasteiger partial charge < -0.3 is 19.7 Å². The quantitative estimate of drug-likeness (QED) is 0.174. The standard InChI is InChI=1S/C33H46F3N3O5/c1-5-20-38(32(40)43-4)21-19-23(2)9-11-25-7-6-8-28(15-10-24(25)3)44-29-16-12-26(13-17-29)37-27-14-18-31(39(41)42)30(22-27)33(34,35)36/h6-8,14,18,22-23,26,29,37H,5,9-13,15-17,19-21H2,1-4H3/b7-6?,25-24?,28-8-. The van der Waals surface area contributed by atoms with Gasteiger partial charge in [0.05, 0.1) is 23.9 Å². The molecule has 0 aliphatic heterocycles. The first-order valence-electron chi connectivity index (χ1n) is 15.6. The van der Waals surface area contributed by atoms with Crippen molar-refractivity contribution in [2.24, 2.45) is 5.92 Å². The van der Waals surface area contributed by atoms with Gasteiger partial charge in [0.15, 0.2) is 0 Å². The maximum absolute atomic E-state index is 13.3. The van der Waals surface area contributed by atoms with Crippen LogP contribution in [0.5, 0.6) is 0 Å². The molecule has 0 bridgehead atoms. The molecule has 44 heavy (non-hydrogen) atoms. The Kier molecular flexibility index (Phi) is 13.1. The first-order valence-corrected chi connectivity index (χ1v) is 15.6. The molecule has 11 heteroatoms. The number of nitro benzene ring substituents is 1. The van der Waals surface area contributed by atoms with E-state index in [9.17, 15) is 28.1 Å². The number of methoxy groups -OCH3 is 1. The summed E-state index contributed by atoms with van der Waals surface area (Å²) in [6.45, 7) is 7.86. The van der Waals surface area contributed by atoms with Gasteiger partial charge in [0.1, 0.15) is 5.56 Å². The molecule has 1 atom stereocenters. The number of rotatable bonds is 13. The number of benzene rings is 1. The van der Waals surface area contributed by atoms with Gasteiger partial charge in [0.25, 0.3) is 5.69 Å². The van der Waals surface area contributed by atoms with E-state index < -0.39 is 22.4 Å². The minimum absolute atomic E-state index is 0.0334. The maximum Gasteiger partial charge on any atom is 0.423 e. The molecule has 0 saturated heterocycles. The van der Waals surface area contributed by atoms with Crippen molar-refractivity contribution in [1.82, 2.24) is 4.90 Å². The van der Waals surface area contributed by atoms with E-state index in [1.165, 1.54) is 24.3 Å². The fourth-order valence-corrected chi connectivity index (χ4v) is 5.77. The smallest absolute Gasteiger partial charge is 0.423 e. The Morgan fingerprint density at radius 1 is 1.16 bits per heavy atom. The fraction of sp³-hybridized carbons (Fsp3) is 0.606. The molecule has 1 aromatic carbocycles. The highest BCUT2D eigenvalue weighted by atomic mass is 19.4. The van der Waals surface area contributed by atoms with E-state index in [2.05, 4.69) is 38.2 Å². The van der Waals surface area contributed by atoms with Crippen molar-refractivity contribution in [3.63, 3.8) is 0 Å². The van der Waals surface area contributed by atoms with Crippen molar-refractivity contribution in [2.75, 3.05) is 25.5 Å². The largest absolute Gasteiger partial charge is 0.495 e. The maximum atomic E-state index is 13.3. The average molecular weight is 622 g/mol. The first kappa shape index (κ1) is 35.0. The second kappa shape index (κ2) is 16.5. The van der Waals surface area contributed by atoms with Crippen LogP contribution in [0.4, 0.5) is 29.3 Å². The van der Waals surface area contributed by atoms with Crippen LogP contribution < -0.4 is 5.32 Å². The predicted molar refractivity (Wildman–Crippen MR) is 165 cm³/mol. The summed E-state index contributed by atoms with van der Waals surface area (Å²) in [5.41, 5.74) is 0.730. The summed E-state index contributed by atoms with van der Waals surface area (Å²) >= 11 is 0. The van der Waals surface area contributed by atoms with Crippen molar-refractivity contribution in [3.8, 4) is 0 Å². The lowest BCUT2D eigenvalue weighted by Crippen LogP contribution is -2.33. The van der Waals surface area contributed by atoms with Crippen LogP contribution in [-0.4, -0.2) is 48.3 Å². The molecule has 3 rings (SSSR count). The number of nitro groups is 1. The summed E-state index contributed by atoms with van der Waals surface area (Å²) in [7, 11) is 1.42. The number of alkyl halides is 3. The number of allylic oxidation sites excluding steroid dienone is 6. The second-order valence-corrected chi connectivity index (χ2v) is 11.9. The van der Waals surface area contributed by atoms with Crippen molar-refractivity contribution in [1.29, 1.82) is 0 Å². The minimum atomic E-state index is -4.80. The van der Waals surface area contributed by atoms with Gasteiger partial charge in [-0.05, 0) is 94.4 Å². The third-order valence-electron chi connectivity index (χ3n) is 8.46. The van der Waals surface area contributed by atoms with Gasteiger partial charge in [-0.25, -0.2) is 4.79 Å². The van der Waals surface area contributed by atoms with Crippen LogP contribution in [0.15, 0.2) is 53.3 Å². The summed E-state index contributed by atoms with van der Waals surface area (Å²) in [6, 6.07) is 3.03. The van der Waals surface area contributed by atoms with Gasteiger partial charge in [0, 0.05) is 37.3 Å². The zero-order chi connectivity index (χ0) is 32.3. The molecular weight excluding hydrogens is 575 g/mol. The van der Waals surface area contributed by atoms with Crippen LogP contribution in [0.1, 0.15) is 90.5 Å². The van der Waals surface area contributed by atoms with Crippen LogP contribution in [0, 0.1) is 16.0 Å². The Balaban J connectivity index is 1.46. The number of carbonyl (C=O) groups excluding carboxylic acids is 1. The number of ether oxygens (including phenoxy) is 2. The number of nitrogens with one attached hydrogen (secondary N) is 1. The lowest BCUT2D eigenvalue weighted by atomic mass is 9.92. The Labute approximate surface area is 258 Å². The topological polar surface area (TPSA) is 93.9 Å². The summed E-state index contributed by atoms with van der Waals surface area (Å²) in [5.74, 6) is 1.41. The van der Waals surface area contributed by atoms with E-state index in [0.29, 0.717) is 19.0 Å². The molecule has 1 aromatic rings. The van der Waals surface area contributed by atoms with Crippen LogP contribution in [-0.2, 0) is 15.7 Å². The van der Waals surface area contributed by atoms with E-state index in [1.807, 2.05) is 6.08 Å². The van der Waals surface area contributed by atoms with Gasteiger partial charge >= 0.3 is 12.3 Å². The number of hydrogen-bond donors (Lipinski definition) is 1. The third kappa shape index (κ3) is 10.6. The number of amides is 1. The molecular formula is C33H46F3N3O5. The Morgan fingerprint density at radius 3 is 2.52 bits per heavy atom. The molecule has 1 amide bonds. The molecule has 0 radical (unpaired) electrons. The number of halogens is 3. The van der Waals surface area contributed by atoms with Crippen molar-refractivity contribution < 1.29 is 32.4 Å². The molecule has 2 aliphatic rings. The van der Waals surface area contributed by atoms with Gasteiger partial charge in [-0.1, -0.05) is 31.6 Å². The number of carbonyl (C=O) groups is 1. The Hall–Kier alpha value is -3.50. The van der Waals surface area contributed by atoms with E-state index in [-0.39, 0.29) is 23.9 Å². The highest BCUT2D eigenvalue weighted by molar-refractivity contribution is 5.67. The average Bonchev–Trinajstić information content (AvgIpc) is 2.98. The summed E-state index contributed by atoms with van der Waals surface area (Å²) in [5, 5.41) is 14.2. The van der Waals surface area contributed by atoms with Crippen LogP contribution in [0.25, 0.3) is 0 Å². The number of hydrogen-bond acceptors (Lipinski definition) is 6. The Bertz CT molecular complexity index is 1220. The summed E-state index contributed by atoms with van der Waals surface area (Å²) < 4.78 is 51.3. The van der Waals surface area contributed by atoms with Crippen molar-refractivity contribution >= 4 is 17.5 Å².